The van der Waals surface area contributed by atoms with E-state index in [2.05, 4.69) is 50.9 Å². The van der Waals surface area contributed by atoms with Gasteiger partial charge in [0.05, 0.1) is 0 Å². The van der Waals surface area contributed by atoms with Crippen LogP contribution in [0, 0.1) is 70.5 Å². The summed E-state index contributed by atoms with van der Waals surface area (Å²) < 4.78 is 0. The van der Waals surface area contributed by atoms with Crippen LogP contribution in [0.1, 0.15) is 128 Å². The molecule has 1 unspecified atom stereocenters. The first-order valence-electron chi connectivity index (χ1n) is 15.6. The Hall–Kier alpha value is -1.36. The molecule has 0 N–H and O–H groups in total. The fourth-order valence-electron chi connectivity index (χ4n) is 10.5. The summed E-state index contributed by atoms with van der Waals surface area (Å²) in [7, 11) is 0. The normalized spacial score (nSPS) is 40.6. The van der Waals surface area contributed by atoms with Crippen LogP contribution < -0.4 is 0 Å². The second-order valence-electron chi connectivity index (χ2n) is 14.4. The molecule has 0 bridgehead atoms. The third kappa shape index (κ3) is 4.78. The minimum atomic E-state index is 0.502. The van der Waals surface area contributed by atoms with Crippen molar-refractivity contribution in [2.24, 2.45) is 52.3 Å². The lowest BCUT2D eigenvalue weighted by Gasteiger charge is -2.58. The molecule has 4 fully saturated rings. The monoisotopic (exact) mass is 488 g/mol. The Labute approximate surface area is 222 Å². The van der Waals surface area contributed by atoms with E-state index in [0.717, 1.165) is 47.6 Å². The Morgan fingerprint density at radius 1 is 1.00 bits per heavy atom. The molecule has 0 aliphatic heterocycles. The number of unbranched alkanes of at least 4 members (excludes halogenated alkanes) is 2. The second kappa shape index (κ2) is 10.4. The Balaban J connectivity index is 1.25. The van der Waals surface area contributed by atoms with Crippen LogP contribution >= 0.6 is 0 Å². The zero-order valence-electron chi connectivity index (χ0n) is 24.0. The van der Waals surface area contributed by atoms with Gasteiger partial charge in [-0.25, -0.2) is 4.98 Å². The Morgan fingerprint density at radius 3 is 2.58 bits per heavy atom. The van der Waals surface area contributed by atoms with Crippen LogP contribution in [0.15, 0.2) is 12.1 Å². The lowest BCUT2D eigenvalue weighted by Crippen LogP contribution is -2.50. The zero-order chi connectivity index (χ0) is 25.5. The summed E-state index contributed by atoms with van der Waals surface area (Å²) in [5.41, 5.74) is 3.91. The van der Waals surface area contributed by atoms with Crippen molar-refractivity contribution in [3.63, 3.8) is 0 Å². The molecule has 1 aromatic rings. The van der Waals surface area contributed by atoms with E-state index in [1.807, 2.05) is 6.92 Å². The number of hydrogen-bond acceptors (Lipinski definition) is 2. The van der Waals surface area contributed by atoms with Crippen LogP contribution in [0.25, 0.3) is 0 Å². The summed E-state index contributed by atoms with van der Waals surface area (Å²) in [5.74, 6) is 6.41. The zero-order valence-corrected chi connectivity index (χ0v) is 24.0. The third-order valence-corrected chi connectivity index (χ3v) is 12.3. The Bertz CT molecular complexity index is 960. The maximum absolute atomic E-state index is 9.66. The molecule has 5 rings (SSSR count). The van der Waals surface area contributed by atoms with Crippen molar-refractivity contribution in [3.8, 4) is 6.07 Å². The minimum absolute atomic E-state index is 0.502. The third-order valence-electron chi connectivity index (χ3n) is 12.3. The largest absolute Gasteiger partial charge is 0.242 e. The van der Waals surface area contributed by atoms with E-state index in [1.54, 1.807) is 0 Å². The lowest BCUT2D eigenvalue weighted by atomic mass is 9.47. The number of aryl methyl sites for hydroxylation is 1. The van der Waals surface area contributed by atoms with Crippen molar-refractivity contribution in [2.75, 3.05) is 0 Å². The van der Waals surface area contributed by atoms with E-state index in [9.17, 15) is 5.26 Å². The summed E-state index contributed by atoms with van der Waals surface area (Å²) in [6.07, 6.45) is 20.1. The molecule has 0 saturated heterocycles. The average molecular weight is 489 g/mol. The van der Waals surface area contributed by atoms with Crippen molar-refractivity contribution in [3.05, 3.63) is 29.1 Å². The number of hydrogen-bond donors (Lipinski definition) is 0. The maximum atomic E-state index is 9.66. The van der Waals surface area contributed by atoms with E-state index < -0.39 is 0 Å². The van der Waals surface area contributed by atoms with Crippen molar-refractivity contribution >= 4 is 0 Å². The molecule has 0 aromatic carbocycles. The van der Waals surface area contributed by atoms with Gasteiger partial charge >= 0.3 is 0 Å². The summed E-state index contributed by atoms with van der Waals surface area (Å²) in [6, 6.07) is 6.63. The van der Waals surface area contributed by atoms with Gasteiger partial charge in [-0.2, -0.15) is 5.26 Å². The molecule has 4 aliphatic rings. The smallest absolute Gasteiger partial charge is 0.143 e. The predicted molar refractivity (Wildman–Crippen MR) is 149 cm³/mol. The van der Waals surface area contributed by atoms with Gasteiger partial charge in [-0.1, -0.05) is 53.0 Å². The standard InChI is InChI=1S/C34H52N2/c1-6-7-8-17-33(4)18-15-27-26(21-33)11-12-29-28(27)16-19-34(5)30(13-14-31(29)34)23(2)20-25-10-9-24(3)36-32(25)22-35/h9-10,23,26-31H,6-8,11-21H2,1-5H3/t23-,26+,27-,28+,29+,30+,31?,33-,34+/m0/s1. The van der Waals surface area contributed by atoms with Gasteiger partial charge in [0.1, 0.15) is 11.8 Å². The van der Waals surface area contributed by atoms with E-state index in [1.165, 1.54) is 89.0 Å². The first-order chi connectivity index (χ1) is 17.3. The molecule has 1 heterocycles. The fraction of sp³-hybridized carbons (Fsp3) is 0.824. The highest BCUT2D eigenvalue weighted by atomic mass is 14.7. The highest BCUT2D eigenvalue weighted by Crippen LogP contribution is 2.66. The van der Waals surface area contributed by atoms with Crippen molar-refractivity contribution in [2.45, 2.75) is 125 Å². The van der Waals surface area contributed by atoms with Crippen LogP contribution in [0.5, 0.6) is 0 Å². The predicted octanol–water partition coefficient (Wildman–Crippen LogP) is 9.30. The number of rotatable bonds is 7. The number of pyridine rings is 1. The number of nitrogens with zero attached hydrogens (tertiary/aromatic N) is 2. The van der Waals surface area contributed by atoms with E-state index >= 15 is 0 Å². The van der Waals surface area contributed by atoms with Gasteiger partial charge in [0.15, 0.2) is 0 Å². The highest BCUT2D eigenvalue weighted by molar-refractivity contribution is 5.33. The van der Waals surface area contributed by atoms with Crippen molar-refractivity contribution in [1.82, 2.24) is 4.98 Å². The molecule has 9 atom stereocenters. The van der Waals surface area contributed by atoms with Gasteiger partial charge < -0.3 is 0 Å². The lowest BCUT2D eigenvalue weighted by molar-refractivity contribution is -0.0836. The summed E-state index contributed by atoms with van der Waals surface area (Å²) in [4.78, 5) is 4.53. The molecule has 2 heteroatoms. The maximum Gasteiger partial charge on any atom is 0.143 e. The molecule has 4 saturated carbocycles. The average Bonchev–Trinajstić information content (AvgIpc) is 3.22. The topological polar surface area (TPSA) is 36.7 Å². The Kier molecular flexibility index (Phi) is 7.60. The second-order valence-corrected chi connectivity index (χ2v) is 14.4. The van der Waals surface area contributed by atoms with E-state index in [0.29, 0.717) is 22.4 Å². The molecule has 198 valence electrons. The molecule has 4 aliphatic carbocycles. The van der Waals surface area contributed by atoms with Crippen LogP contribution in [0.4, 0.5) is 0 Å². The van der Waals surface area contributed by atoms with E-state index in [-0.39, 0.29) is 0 Å². The van der Waals surface area contributed by atoms with Crippen LogP contribution in [0.3, 0.4) is 0 Å². The Morgan fingerprint density at radius 2 is 1.81 bits per heavy atom. The first-order valence-corrected chi connectivity index (χ1v) is 15.6. The molecule has 0 radical (unpaired) electrons. The SMILES string of the molecule is CCCCC[C@@]1(C)CC[C@H]2[C@H](CC[C@H]3C4CC[C@H]([C@@H](C)Cc5ccc(C)nc5C#N)[C@@]4(C)CC[C@H]23)C1. The summed E-state index contributed by atoms with van der Waals surface area (Å²) in [5, 5.41) is 9.66. The van der Waals surface area contributed by atoms with E-state index in [4.69, 9.17) is 0 Å². The van der Waals surface area contributed by atoms with Crippen LogP contribution in [-0.4, -0.2) is 4.98 Å². The van der Waals surface area contributed by atoms with Gasteiger partial charge in [0, 0.05) is 5.69 Å². The van der Waals surface area contributed by atoms with Crippen molar-refractivity contribution < 1.29 is 0 Å². The van der Waals surface area contributed by atoms with Gasteiger partial charge in [0.25, 0.3) is 0 Å². The van der Waals surface area contributed by atoms with Crippen LogP contribution in [-0.2, 0) is 6.42 Å². The number of fused-ring (bicyclic) bond motifs is 5. The van der Waals surface area contributed by atoms with Gasteiger partial charge in [0.2, 0.25) is 0 Å². The van der Waals surface area contributed by atoms with Gasteiger partial charge in [-0.05, 0) is 141 Å². The molecule has 36 heavy (non-hydrogen) atoms. The molecule has 2 nitrogen and oxygen atoms in total. The van der Waals surface area contributed by atoms with Gasteiger partial charge in [-0.3, -0.25) is 0 Å². The summed E-state index contributed by atoms with van der Waals surface area (Å²) >= 11 is 0. The number of nitriles is 1. The fourth-order valence-corrected chi connectivity index (χ4v) is 10.5. The molecular weight excluding hydrogens is 436 g/mol. The minimum Gasteiger partial charge on any atom is -0.242 e. The number of aromatic nitrogens is 1. The molecular formula is C34H52N2. The highest BCUT2D eigenvalue weighted by Gasteiger charge is 2.58. The van der Waals surface area contributed by atoms with Gasteiger partial charge in [-0.15, -0.1) is 0 Å². The molecule has 1 aromatic heterocycles. The quantitative estimate of drug-likeness (QED) is 0.358. The molecule has 0 spiro atoms. The van der Waals surface area contributed by atoms with Crippen molar-refractivity contribution in [1.29, 1.82) is 5.26 Å². The molecule has 0 amide bonds. The summed E-state index contributed by atoms with van der Waals surface area (Å²) in [6.45, 7) is 12.1. The van der Waals surface area contributed by atoms with Crippen LogP contribution in [0.2, 0.25) is 0 Å². The first kappa shape index (κ1) is 26.3.